The van der Waals surface area contributed by atoms with Crippen LogP contribution in [0.1, 0.15) is 5.56 Å². The van der Waals surface area contributed by atoms with E-state index in [1.165, 1.54) is 37.6 Å². The highest BCUT2D eigenvalue weighted by Crippen LogP contribution is 2.31. The molecular formula is C19H15N5O6. The van der Waals surface area contributed by atoms with E-state index in [1.54, 1.807) is 30.3 Å². The lowest BCUT2D eigenvalue weighted by molar-refractivity contribution is -0.385. The minimum Gasteiger partial charge on any atom is -0.493 e. The fourth-order valence-corrected chi connectivity index (χ4v) is 2.34. The molecule has 2 aromatic carbocycles. The number of aromatic nitrogens is 1. The molecule has 152 valence electrons. The summed E-state index contributed by atoms with van der Waals surface area (Å²) in [5.41, 5.74) is 3.92. The molecule has 0 saturated carbocycles. The minimum absolute atomic E-state index is 0.00707. The zero-order valence-electron chi connectivity index (χ0n) is 15.6. The van der Waals surface area contributed by atoms with Crippen LogP contribution in [0.25, 0.3) is 0 Å². The van der Waals surface area contributed by atoms with Crippen molar-refractivity contribution in [1.82, 2.24) is 4.98 Å². The smallest absolute Gasteiger partial charge is 0.287 e. The van der Waals surface area contributed by atoms with Gasteiger partial charge in [-0.2, -0.15) is 5.10 Å². The van der Waals surface area contributed by atoms with Gasteiger partial charge in [-0.3, -0.25) is 25.7 Å². The maximum Gasteiger partial charge on any atom is 0.287 e. The molecule has 0 aliphatic carbocycles. The Bertz CT molecular complexity index is 1080. The normalized spacial score (nSPS) is 10.6. The van der Waals surface area contributed by atoms with E-state index in [1.807, 2.05) is 0 Å². The van der Waals surface area contributed by atoms with E-state index in [0.29, 0.717) is 22.7 Å². The van der Waals surface area contributed by atoms with Crippen LogP contribution < -0.4 is 14.9 Å². The maximum atomic E-state index is 10.7. The molecule has 3 rings (SSSR count). The molecule has 0 aliphatic rings. The van der Waals surface area contributed by atoms with Crippen LogP contribution in [0.5, 0.6) is 17.4 Å². The van der Waals surface area contributed by atoms with Gasteiger partial charge < -0.3 is 9.47 Å². The highest BCUT2D eigenvalue weighted by molar-refractivity contribution is 5.81. The molecule has 0 atom stereocenters. The van der Waals surface area contributed by atoms with E-state index in [9.17, 15) is 20.2 Å². The molecule has 0 bridgehead atoms. The summed E-state index contributed by atoms with van der Waals surface area (Å²) in [7, 11) is 1.47. The van der Waals surface area contributed by atoms with Gasteiger partial charge in [0.25, 0.3) is 11.4 Å². The van der Waals surface area contributed by atoms with Gasteiger partial charge in [0.1, 0.15) is 6.20 Å². The predicted octanol–water partition coefficient (Wildman–Crippen LogP) is 4.14. The Morgan fingerprint density at radius 3 is 2.27 bits per heavy atom. The van der Waals surface area contributed by atoms with Gasteiger partial charge in [0.2, 0.25) is 5.88 Å². The average molecular weight is 409 g/mol. The van der Waals surface area contributed by atoms with Crippen LogP contribution in [0.2, 0.25) is 0 Å². The Balaban J connectivity index is 1.67. The lowest BCUT2D eigenvalue weighted by Crippen LogP contribution is -1.96. The number of benzene rings is 2. The molecule has 1 heterocycles. The molecule has 0 radical (unpaired) electrons. The van der Waals surface area contributed by atoms with Crippen LogP contribution in [-0.2, 0) is 0 Å². The molecule has 3 aromatic rings. The summed E-state index contributed by atoms with van der Waals surface area (Å²) in [5, 5.41) is 25.4. The number of pyridine rings is 1. The Hall–Kier alpha value is -4.54. The number of anilines is 1. The van der Waals surface area contributed by atoms with Crippen LogP contribution in [0.4, 0.5) is 17.1 Å². The molecular weight excluding hydrogens is 394 g/mol. The largest absolute Gasteiger partial charge is 0.493 e. The zero-order valence-corrected chi connectivity index (χ0v) is 15.6. The number of rotatable bonds is 8. The molecule has 11 nitrogen and oxygen atoms in total. The zero-order chi connectivity index (χ0) is 21.5. The first-order chi connectivity index (χ1) is 14.5. The summed E-state index contributed by atoms with van der Waals surface area (Å²) < 4.78 is 10.9. The number of nitro benzene ring substituents is 1. The summed E-state index contributed by atoms with van der Waals surface area (Å²) in [5.74, 6) is 0.967. The highest BCUT2D eigenvalue weighted by atomic mass is 16.6. The number of nitrogens with zero attached hydrogens (tertiary/aromatic N) is 4. The second-order valence-corrected chi connectivity index (χ2v) is 5.80. The quantitative estimate of drug-likeness (QED) is 0.332. The first kappa shape index (κ1) is 20.2. The summed E-state index contributed by atoms with van der Waals surface area (Å²) in [6.07, 6.45) is 2.64. The van der Waals surface area contributed by atoms with Gasteiger partial charge in [-0.1, -0.05) is 0 Å². The molecule has 11 heteroatoms. The molecule has 1 N–H and O–H groups in total. The van der Waals surface area contributed by atoms with Gasteiger partial charge in [-0.05, 0) is 35.9 Å². The Labute approximate surface area is 169 Å². The molecule has 0 unspecified atom stereocenters. The van der Waals surface area contributed by atoms with Crippen LogP contribution in [0.3, 0.4) is 0 Å². The predicted molar refractivity (Wildman–Crippen MR) is 108 cm³/mol. The third-order valence-corrected chi connectivity index (χ3v) is 3.82. The van der Waals surface area contributed by atoms with Gasteiger partial charge in [-0.25, -0.2) is 4.98 Å². The number of hydrazone groups is 1. The van der Waals surface area contributed by atoms with Crippen molar-refractivity contribution in [3.63, 3.8) is 0 Å². The molecule has 0 aliphatic heterocycles. The Morgan fingerprint density at radius 2 is 1.67 bits per heavy atom. The van der Waals surface area contributed by atoms with E-state index >= 15 is 0 Å². The van der Waals surface area contributed by atoms with Crippen molar-refractivity contribution in [2.24, 2.45) is 5.10 Å². The minimum atomic E-state index is -0.545. The van der Waals surface area contributed by atoms with Crippen LogP contribution in [0, 0.1) is 20.2 Å². The number of ether oxygens (including phenoxy) is 2. The molecule has 0 saturated heterocycles. The Morgan fingerprint density at radius 1 is 0.967 bits per heavy atom. The molecule has 0 spiro atoms. The second-order valence-electron chi connectivity index (χ2n) is 5.80. The lowest BCUT2D eigenvalue weighted by atomic mass is 10.2. The molecule has 1 aromatic heterocycles. The van der Waals surface area contributed by atoms with Crippen molar-refractivity contribution >= 4 is 23.3 Å². The number of nitro groups is 2. The fourth-order valence-electron chi connectivity index (χ4n) is 2.34. The van der Waals surface area contributed by atoms with E-state index in [0.717, 1.165) is 6.20 Å². The monoisotopic (exact) mass is 409 g/mol. The second kappa shape index (κ2) is 9.10. The van der Waals surface area contributed by atoms with Crippen molar-refractivity contribution in [3.8, 4) is 17.4 Å². The maximum absolute atomic E-state index is 10.7. The average Bonchev–Trinajstić information content (AvgIpc) is 2.75. The van der Waals surface area contributed by atoms with Gasteiger partial charge in [-0.15, -0.1) is 0 Å². The van der Waals surface area contributed by atoms with Crippen LogP contribution in [0.15, 0.2) is 65.9 Å². The highest BCUT2D eigenvalue weighted by Gasteiger charge is 2.10. The SMILES string of the molecule is COc1cc(/C=N/Nc2ccc([N+](=O)[O-])cc2)ccc1Oc1ccc([N+](=O)[O-])cn1. The molecule has 0 amide bonds. The van der Waals surface area contributed by atoms with Gasteiger partial charge in [0.15, 0.2) is 11.5 Å². The van der Waals surface area contributed by atoms with Gasteiger partial charge in [0.05, 0.1) is 28.9 Å². The fraction of sp³-hybridized carbons (Fsp3) is 0.0526. The van der Waals surface area contributed by atoms with Crippen LogP contribution >= 0.6 is 0 Å². The van der Waals surface area contributed by atoms with Gasteiger partial charge >= 0.3 is 0 Å². The van der Waals surface area contributed by atoms with E-state index < -0.39 is 9.85 Å². The van der Waals surface area contributed by atoms with Crippen molar-refractivity contribution in [1.29, 1.82) is 0 Å². The number of nitrogens with one attached hydrogen (secondary N) is 1. The number of non-ortho nitro benzene ring substituents is 1. The van der Waals surface area contributed by atoms with E-state index in [-0.39, 0.29) is 17.3 Å². The van der Waals surface area contributed by atoms with E-state index in [2.05, 4.69) is 15.5 Å². The third kappa shape index (κ3) is 5.04. The molecule has 30 heavy (non-hydrogen) atoms. The summed E-state index contributed by atoms with van der Waals surface area (Å²) in [4.78, 5) is 24.2. The first-order valence-electron chi connectivity index (χ1n) is 8.46. The number of methoxy groups -OCH3 is 1. The summed E-state index contributed by atoms with van der Waals surface area (Å²) in [6.45, 7) is 0. The lowest BCUT2D eigenvalue weighted by Gasteiger charge is -2.10. The van der Waals surface area contributed by atoms with Crippen molar-refractivity contribution in [2.75, 3.05) is 12.5 Å². The van der Waals surface area contributed by atoms with Crippen molar-refractivity contribution in [3.05, 3.63) is 86.6 Å². The number of hydrogen-bond acceptors (Lipinski definition) is 9. The molecule has 0 fully saturated rings. The van der Waals surface area contributed by atoms with Crippen molar-refractivity contribution < 1.29 is 19.3 Å². The third-order valence-electron chi connectivity index (χ3n) is 3.82. The summed E-state index contributed by atoms with van der Waals surface area (Å²) in [6, 6.07) is 13.6. The standard InChI is InChI=1S/C19H15N5O6/c1-29-18-10-13(11-21-22-14-3-5-15(6-4-14)23(25)26)2-8-17(18)30-19-9-7-16(12-20-19)24(27)28/h2-12,22H,1H3/b21-11+. The summed E-state index contributed by atoms with van der Waals surface area (Å²) >= 11 is 0. The topological polar surface area (TPSA) is 142 Å². The van der Waals surface area contributed by atoms with Crippen LogP contribution in [-0.4, -0.2) is 28.2 Å². The van der Waals surface area contributed by atoms with Crippen molar-refractivity contribution in [2.45, 2.75) is 0 Å². The number of hydrogen-bond donors (Lipinski definition) is 1. The first-order valence-corrected chi connectivity index (χ1v) is 8.46. The van der Waals surface area contributed by atoms with Gasteiger partial charge in [0, 0.05) is 24.3 Å². The van der Waals surface area contributed by atoms with E-state index in [4.69, 9.17) is 9.47 Å². The Kier molecular flexibility index (Phi) is 6.13.